The fraction of sp³-hybridized carbons (Fsp3) is 0.174. The van der Waals surface area contributed by atoms with Crippen LogP contribution in [0.15, 0.2) is 60.7 Å². The van der Waals surface area contributed by atoms with Gasteiger partial charge in [0.15, 0.2) is 11.5 Å². The maximum Gasteiger partial charge on any atom is 0.216 e. The van der Waals surface area contributed by atoms with Gasteiger partial charge in [0.1, 0.15) is 5.82 Å². The maximum atomic E-state index is 11.3. The molecule has 0 spiro atoms. The van der Waals surface area contributed by atoms with E-state index < -0.39 is 0 Å². The molecule has 0 aliphatic heterocycles. The lowest BCUT2D eigenvalue weighted by Crippen LogP contribution is -2.23. The van der Waals surface area contributed by atoms with Crippen LogP contribution in [0.4, 0.5) is 11.5 Å². The summed E-state index contributed by atoms with van der Waals surface area (Å²) in [5, 5.41) is 7.14. The molecule has 0 radical (unpaired) electrons. The van der Waals surface area contributed by atoms with E-state index in [0.717, 1.165) is 33.7 Å². The molecule has 2 aromatic carbocycles. The minimum atomic E-state index is -0.0665. The number of anilines is 2. The van der Waals surface area contributed by atoms with Crippen LogP contribution in [-0.2, 0) is 11.2 Å². The van der Waals surface area contributed by atoms with Gasteiger partial charge in [-0.15, -0.1) is 0 Å². The highest BCUT2D eigenvalue weighted by Gasteiger charge is 2.20. The number of benzene rings is 2. The smallest absolute Gasteiger partial charge is 0.216 e. The molecule has 0 aliphatic rings. The van der Waals surface area contributed by atoms with Crippen LogP contribution >= 0.6 is 0 Å². The summed E-state index contributed by atoms with van der Waals surface area (Å²) in [4.78, 5) is 20.9. The largest absolute Gasteiger partial charge is 0.356 e. The SMILES string of the molecule is CC(=O)NCCc1nc(-c2ccccc2)nc2c1c(C)c(Nc1ccccc1)n2N. The predicted molar refractivity (Wildman–Crippen MR) is 120 cm³/mol. The zero-order valence-electron chi connectivity index (χ0n) is 17.0. The fourth-order valence-corrected chi connectivity index (χ4v) is 3.52. The highest BCUT2D eigenvalue weighted by atomic mass is 16.1. The van der Waals surface area contributed by atoms with Gasteiger partial charge in [0, 0.05) is 42.1 Å². The number of nitrogens with two attached hydrogens (primary N) is 1. The van der Waals surface area contributed by atoms with Crippen LogP contribution in [0.2, 0.25) is 0 Å². The average molecular weight is 400 g/mol. The van der Waals surface area contributed by atoms with Gasteiger partial charge in [0.05, 0.1) is 5.69 Å². The van der Waals surface area contributed by atoms with Gasteiger partial charge in [0.2, 0.25) is 5.91 Å². The monoisotopic (exact) mass is 400 g/mol. The molecule has 0 unspecified atom stereocenters. The third kappa shape index (κ3) is 3.82. The van der Waals surface area contributed by atoms with E-state index in [9.17, 15) is 4.79 Å². The first-order chi connectivity index (χ1) is 14.5. The molecular weight excluding hydrogens is 376 g/mol. The van der Waals surface area contributed by atoms with Crippen LogP contribution in [0.25, 0.3) is 22.4 Å². The number of fused-ring (bicyclic) bond motifs is 1. The first-order valence-corrected chi connectivity index (χ1v) is 9.83. The van der Waals surface area contributed by atoms with Crippen molar-refractivity contribution in [3.05, 3.63) is 71.9 Å². The lowest BCUT2D eigenvalue weighted by Gasteiger charge is -2.08. The molecule has 4 N–H and O–H groups in total. The number of hydrogen-bond acceptors (Lipinski definition) is 5. The Bertz CT molecular complexity index is 1190. The molecule has 2 aromatic heterocycles. The van der Waals surface area contributed by atoms with Gasteiger partial charge in [-0.25, -0.2) is 14.6 Å². The summed E-state index contributed by atoms with van der Waals surface area (Å²) in [5.74, 6) is 7.78. The van der Waals surface area contributed by atoms with E-state index in [1.165, 1.54) is 6.92 Å². The number of aryl methyl sites for hydroxylation is 1. The van der Waals surface area contributed by atoms with E-state index in [2.05, 4.69) is 10.6 Å². The number of amides is 1. The Hall–Kier alpha value is -3.87. The van der Waals surface area contributed by atoms with Crippen LogP contribution in [0.1, 0.15) is 18.2 Å². The molecule has 7 nitrogen and oxygen atoms in total. The zero-order chi connectivity index (χ0) is 21.1. The maximum absolute atomic E-state index is 11.3. The number of rotatable bonds is 6. The van der Waals surface area contributed by atoms with Crippen molar-refractivity contribution < 1.29 is 4.79 Å². The van der Waals surface area contributed by atoms with E-state index in [-0.39, 0.29) is 5.91 Å². The standard InChI is InChI=1S/C23H24N6O/c1-15-20-19(13-14-25-16(2)30)27-21(17-9-5-3-6-10-17)28-23(20)29(24)22(15)26-18-11-7-4-8-12-18/h3-12,26H,13-14,24H2,1-2H3,(H,25,30). The number of para-hydroxylation sites is 1. The summed E-state index contributed by atoms with van der Waals surface area (Å²) in [6.45, 7) is 4.01. The van der Waals surface area contributed by atoms with E-state index in [0.29, 0.717) is 24.4 Å². The average Bonchev–Trinajstić information content (AvgIpc) is 3.00. The molecule has 30 heavy (non-hydrogen) atoms. The number of nitrogens with zero attached hydrogens (tertiary/aromatic N) is 3. The molecule has 4 aromatic rings. The van der Waals surface area contributed by atoms with Gasteiger partial charge < -0.3 is 16.5 Å². The van der Waals surface area contributed by atoms with Crippen molar-refractivity contribution in [2.45, 2.75) is 20.3 Å². The second-order valence-electron chi connectivity index (χ2n) is 7.13. The first-order valence-electron chi connectivity index (χ1n) is 9.83. The molecule has 7 heteroatoms. The predicted octanol–water partition coefficient (Wildman–Crippen LogP) is 3.54. The second-order valence-corrected chi connectivity index (χ2v) is 7.13. The van der Waals surface area contributed by atoms with Crippen LogP contribution in [0.3, 0.4) is 0 Å². The summed E-state index contributed by atoms with van der Waals surface area (Å²) >= 11 is 0. The van der Waals surface area contributed by atoms with Crippen LogP contribution in [-0.4, -0.2) is 27.1 Å². The van der Waals surface area contributed by atoms with Gasteiger partial charge in [0.25, 0.3) is 0 Å². The van der Waals surface area contributed by atoms with E-state index in [4.69, 9.17) is 15.8 Å². The third-order valence-corrected chi connectivity index (χ3v) is 4.97. The van der Waals surface area contributed by atoms with Crippen molar-refractivity contribution in [1.29, 1.82) is 0 Å². The van der Waals surface area contributed by atoms with Crippen molar-refractivity contribution in [3.8, 4) is 11.4 Å². The van der Waals surface area contributed by atoms with Gasteiger partial charge >= 0.3 is 0 Å². The Kier molecular flexibility index (Phi) is 5.34. The lowest BCUT2D eigenvalue weighted by molar-refractivity contribution is -0.118. The molecule has 0 aliphatic carbocycles. The molecule has 4 rings (SSSR count). The van der Waals surface area contributed by atoms with Crippen molar-refractivity contribution in [3.63, 3.8) is 0 Å². The summed E-state index contributed by atoms with van der Waals surface area (Å²) in [5.41, 5.74) is 4.32. The molecule has 152 valence electrons. The van der Waals surface area contributed by atoms with Crippen molar-refractivity contribution >= 4 is 28.4 Å². The summed E-state index contributed by atoms with van der Waals surface area (Å²) in [6, 6.07) is 19.7. The van der Waals surface area contributed by atoms with Crippen LogP contribution < -0.4 is 16.5 Å². The summed E-state index contributed by atoms with van der Waals surface area (Å²) in [7, 11) is 0. The van der Waals surface area contributed by atoms with E-state index >= 15 is 0 Å². The normalized spacial score (nSPS) is 10.9. The van der Waals surface area contributed by atoms with E-state index in [1.807, 2.05) is 67.6 Å². The number of carbonyl (C=O) groups is 1. The number of nitrogen functional groups attached to an aromatic ring is 1. The van der Waals surface area contributed by atoms with E-state index in [1.54, 1.807) is 4.68 Å². The quantitative estimate of drug-likeness (QED) is 0.430. The molecule has 0 atom stereocenters. The van der Waals surface area contributed by atoms with Crippen molar-refractivity contribution in [2.24, 2.45) is 0 Å². The molecular formula is C23H24N6O. The van der Waals surface area contributed by atoms with Crippen LogP contribution in [0.5, 0.6) is 0 Å². The van der Waals surface area contributed by atoms with Crippen molar-refractivity contribution in [2.75, 3.05) is 17.7 Å². The molecule has 0 fully saturated rings. The first kappa shape index (κ1) is 19.4. The molecule has 1 amide bonds. The Labute approximate surface area is 174 Å². The van der Waals surface area contributed by atoms with Gasteiger partial charge in [-0.1, -0.05) is 48.5 Å². The Balaban J connectivity index is 1.85. The Morgan fingerprint density at radius 3 is 2.37 bits per heavy atom. The molecule has 0 saturated heterocycles. The second kappa shape index (κ2) is 8.24. The highest BCUT2D eigenvalue weighted by Crippen LogP contribution is 2.32. The minimum Gasteiger partial charge on any atom is -0.356 e. The molecule has 0 saturated carbocycles. The Morgan fingerprint density at radius 1 is 1.03 bits per heavy atom. The number of nitrogens with one attached hydrogen (secondary N) is 2. The summed E-state index contributed by atoms with van der Waals surface area (Å²) in [6.07, 6.45) is 0.577. The van der Waals surface area contributed by atoms with Gasteiger partial charge in [-0.05, 0) is 19.1 Å². The van der Waals surface area contributed by atoms with Gasteiger partial charge in [-0.2, -0.15) is 0 Å². The minimum absolute atomic E-state index is 0.0665. The third-order valence-electron chi connectivity index (χ3n) is 4.97. The zero-order valence-corrected chi connectivity index (χ0v) is 17.0. The number of carbonyl (C=O) groups excluding carboxylic acids is 1. The van der Waals surface area contributed by atoms with Crippen LogP contribution in [0, 0.1) is 6.92 Å². The number of hydrogen-bond donors (Lipinski definition) is 3. The molecule has 2 heterocycles. The number of aromatic nitrogens is 3. The fourth-order valence-electron chi connectivity index (χ4n) is 3.52. The summed E-state index contributed by atoms with van der Waals surface area (Å²) < 4.78 is 1.58. The van der Waals surface area contributed by atoms with Gasteiger partial charge in [-0.3, -0.25) is 4.79 Å². The molecule has 0 bridgehead atoms. The lowest BCUT2D eigenvalue weighted by atomic mass is 10.1. The topological polar surface area (TPSA) is 97.9 Å². The Morgan fingerprint density at radius 2 is 1.70 bits per heavy atom. The highest BCUT2D eigenvalue weighted by molar-refractivity contribution is 5.91. The van der Waals surface area contributed by atoms with Crippen molar-refractivity contribution in [1.82, 2.24) is 20.0 Å².